The smallest absolute Gasteiger partial charge is 0.314 e. The van der Waals surface area contributed by atoms with Crippen LogP contribution in [0.15, 0.2) is 0 Å². The summed E-state index contributed by atoms with van der Waals surface area (Å²) >= 11 is 0. The lowest BCUT2D eigenvalue weighted by atomic mass is 9.93. The Hall–Kier alpha value is -1.47. The van der Waals surface area contributed by atoms with Gasteiger partial charge in [-0.25, -0.2) is 0 Å². The second-order valence-corrected chi connectivity index (χ2v) is 4.69. The van der Waals surface area contributed by atoms with Gasteiger partial charge in [-0.1, -0.05) is 25.7 Å². The molecule has 4 N–H and O–H groups in total. The zero-order valence-corrected chi connectivity index (χ0v) is 11.3. The third-order valence-corrected chi connectivity index (χ3v) is 3.03. The van der Waals surface area contributed by atoms with E-state index in [9.17, 15) is 14.4 Å². The van der Waals surface area contributed by atoms with Crippen LogP contribution in [-0.2, 0) is 14.4 Å². The van der Waals surface area contributed by atoms with Crippen LogP contribution in [0, 0.1) is 5.92 Å². The Balaban J connectivity index is 3.91. The summed E-state index contributed by atoms with van der Waals surface area (Å²) in [6.07, 6.45) is 1.91. The molecule has 0 aromatic carbocycles. The van der Waals surface area contributed by atoms with Crippen molar-refractivity contribution in [1.29, 1.82) is 0 Å². The predicted octanol–water partition coefficient (Wildman–Crippen LogP) is 0.425. The van der Waals surface area contributed by atoms with Crippen LogP contribution in [0.2, 0.25) is 0 Å². The Morgan fingerprint density at radius 1 is 0.900 bits per heavy atom. The molecule has 7 nitrogen and oxygen atoms in total. The Bertz CT molecular complexity index is 327. The topological polar surface area (TPSA) is 132 Å². The monoisotopic (exact) mass is 290 g/mol. The Kier molecular flexibility index (Phi) is 9.57. The van der Waals surface area contributed by atoms with Crippen molar-refractivity contribution >= 4 is 17.7 Å². The highest BCUT2D eigenvalue weighted by Crippen LogP contribution is 2.15. The molecule has 0 saturated carbocycles. The SMILES string of the molecule is O=C(O)CCCCCCCC(C(=O)O)C(=O)C(O)CO. The van der Waals surface area contributed by atoms with Gasteiger partial charge in [-0.15, -0.1) is 0 Å². The van der Waals surface area contributed by atoms with Crippen molar-refractivity contribution in [2.75, 3.05) is 6.61 Å². The number of aliphatic hydroxyl groups excluding tert-OH is 2. The second-order valence-electron chi connectivity index (χ2n) is 4.69. The molecule has 0 amide bonds. The minimum Gasteiger partial charge on any atom is -0.481 e. The zero-order chi connectivity index (χ0) is 15.5. The minimum absolute atomic E-state index is 0.115. The van der Waals surface area contributed by atoms with Gasteiger partial charge in [-0.3, -0.25) is 14.4 Å². The molecule has 0 aromatic heterocycles. The largest absolute Gasteiger partial charge is 0.481 e. The molecular weight excluding hydrogens is 268 g/mol. The molecule has 0 spiro atoms. The van der Waals surface area contributed by atoms with Crippen molar-refractivity contribution in [2.45, 2.75) is 51.0 Å². The van der Waals surface area contributed by atoms with Crippen molar-refractivity contribution in [3.05, 3.63) is 0 Å². The van der Waals surface area contributed by atoms with Crippen molar-refractivity contribution in [1.82, 2.24) is 0 Å². The molecular formula is C13H22O7. The molecule has 0 bridgehead atoms. The van der Waals surface area contributed by atoms with E-state index in [0.29, 0.717) is 19.3 Å². The van der Waals surface area contributed by atoms with Crippen LogP contribution in [0.1, 0.15) is 44.9 Å². The number of aliphatic hydroxyl groups is 2. The van der Waals surface area contributed by atoms with Crippen LogP contribution in [-0.4, -0.2) is 50.9 Å². The van der Waals surface area contributed by atoms with Crippen molar-refractivity contribution < 1.29 is 34.8 Å². The number of Topliss-reactive ketones (excluding diaryl/α,β-unsaturated/α-hetero) is 1. The normalized spacial score (nSPS) is 13.7. The van der Waals surface area contributed by atoms with E-state index in [2.05, 4.69) is 0 Å². The molecule has 0 aliphatic carbocycles. The second kappa shape index (κ2) is 10.3. The predicted molar refractivity (Wildman–Crippen MR) is 69.2 cm³/mol. The van der Waals surface area contributed by atoms with E-state index in [4.69, 9.17) is 20.4 Å². The Morgan fingerprint density at radius 3 is 1.95 bits per heavy atom. The lowest BCUT2D eigenvalue weighted by molar-refractivity contribution is -0.150. The Labute approximate surface area is 117 Å². The van der Waals surface area contributed by atoms with Crippen molar-refractivity contribution in [3.8, 4) is 0 Å². The van der Waals surface area contributed by atoms with E-state index in [-0.39, 0.29) is 12.8 Å². The zero-order valence-electron chi connectivity index (χ0n) is 11.3. The summed E-state index contributed by atoms with van der Waals surface area (Å²) in [6.45, 7) is -0.780. The first kappa shape index (κ1) is 18.5. The van der Waals surface area contributed by atoms with E-state index in [0.717, 1.165) is 12.8 Å². The molecule has 2 unspecified atom stereocenters. The molecule has 2 atom stereocenters. The molecule has 0 saturated heterocycles. The Morgan fingerprint density at radius 2 is 1.45 bits per heavy atom. The number of carbonyl (C=O) groups is 3. The molecule has 0 radical (unpaired) electrons. The molecule has 7 heteroatoms. The average Bonchev–Trinajstić information content (AvgIpc) is 2.39. The van der Waals surface area contributed by atoms with Gasteiger partial charge in [-0.2, -0.15) is 0 Å². The summed E-state index contributed by atoms with van der Waals surface area (Å²) in [7, 11) is 0. The van der Waals surface area contributed by atoms with Crippen LogP contribution in [0.4, 0.5) is 0 Å². The lowest BCUT2D eigenvalue weighted by Crippen LogP contribution is -2.35. The quantitative estimate of drug-likeness (QED) is 0.302. The first-order valence-electron chi connectivity index (χ1n) is 6.67. The number of aliphatic carboxylic acids is 2. The summed E-state index contributed by atoms with van der Waals surface area (Å²) < 4.78 is 0. The molecule has 0 aliphatic rings. The fourth-order valence-electron chi connectivity index (χ4n) is 1.86. The highest BCUT2D eigenvalue weighted by molar-refractivity contribution is 6.00. The van der Waals surface area contributed by atoms with E-state index in [1.807, 2.05) is 0 Å². The number of carbonyl (C=O) groups excluding carboxylic acids is 1. The summed E-state index contributed by atoms with van der Waals surface area (Å²) in [5.74, 6) is -4.30. The van der Waals surface area contributed by atoms with Gasteiger partial charge in [0.1, 0.15) is 12.0 Å². The number of carboxylic acids is 2. The maximum atomic E-state index is 11.5. The number of carboxylic acid groups (broad SMARTS) is 2. The minimum atomic E-state index is -1.65. The van der Waals surface area contributed by atoms with Crippen LogP contribution in [0.25, 0.3) is 0 Å². The van der Waals surface area contributed by atoms with Crippen molar-refractivity contribution in [2.24, 2.45) is 5.92 Å². The maximum Gasteiger partial charge on any atom is 0.314 e. The molecule has 0 aliphatic heterocycles. The summed E-state index contributed by atoms with van der Waals surface area (Å²) in [4.78, 5) is 32.7. The van der Waals surface area contributed by atoms with Crippen LogP contribution in [0.3, 0.4) is 0 Å². The van der Waals surface area contributed by atoms with E-state index in [1.54, 1.807) is 0 Å². The van der Waals surface area contributed by atoms with E-state index >= 15 is 0 Å². The fourth-order valence-corrected chi connectivity index (χ4v) is 1.86. The van der Waals surface area contributed by atoms with E-state index in [1.165, 1.54) is 0 Å². The number of hydrogen-bond donors (Lipinski definition) is 4. The lowest BCUT2D eigenvalue weighted by Gasteiger charge is -2.14. The maximum absolute atomic E-state index is 11.5. The third kappa shape index (κ3) is 7.85. The number of hydrogen-bond acceptors (Lipinski definition) is 5. The molecule has 0 fully saturated rings. The fraction of sp³-hybridized carbons (Fsp3) is 0.769. The average molecular weight is 290 g/mol. The first-order chi connectivity index (χ1) is 9.40. The van der Waals surface area contributed by atoms with Gasteiger partial charge in [0.15, 0.2) is 5.78 Å². The van der Waals surface area contributed by atoms with Crippen LogP contribution >= 0.6 is 0 Å². The van der Waals surface area contributed by atoms with Gasteiger partial charge in [0.2, 0.25) is 0 Å². The summed E-state index contributed by atoms with van der Waals surface area (Å²) in [6, 6.07) is 0. The number of ketones is 1. The highest BCUT2D eigenvalue weighted by atomic mass is 16.4. The molecule has 0 rings (SSSR count). The van der Waals surface area contributed by atoms with E-state index < -0.39 is 36.4 Å². The standard InChI is InChI=1S/C13H22O7/c14-8-10(15)12(18)9(13(19)20)6-4-2-1-3-5-7-11(16)17/h9-10,14-15H,1-8H2,(H,16,17)(H,19,20). The molecule has 0 heterocycles. The highest BCUT2D eigenvalue weighted by Gasteiger charge is 2.30. The molecule has 116 valence electrons. The number of unbranched alkanes of at least 4 members (excludes halogenated alkanes) is 4. The first-order valence-corrected chi connectivity index (χ1v) is 6.67. The van der Waals surface area contributed by atoms with Gasteiger partial charge in [0.05, 0.1) is 6.61 Å². The third-order valence-electron chi connectivity index (χ3n) is 3.03. The number of rotatable bonds is 12. The molecule has 20 heavy (non-hydrogen) atoms. The van der Waals surface area contributed by atoms with Gasteiger partial charge in [0.25, 0.3) is 0 Å². The van der Waals surface area contributed by atoms with Gasteiger partial charge in [0, 0.05) is 6.42 Å². The van der Waals surface area contributed by atoms with Crippen LogP contribution < -0.4 is 0 Å². The summed E-state index contributed by atoms with van der Waals surface area (Å²) in [5, 5.41) is 35.1. The summed E-state index contributed by atoms with van der Waals surface area (Å²) in [5.41, 5.74) is 0. The van der Waals surface area contributed by atoms with Gasteiger partial charge >= 0.3 is 11.9 Å². The van der Waals surface area contributed by atoms with Gasteiger partial charge in [-0.05, 0) is 12.8 Å². The van der Waals surface area contributed by atoms with Crippen molar-refractivity contribution in [3.63, 3.8) is 0 Å². The van der Waals surface area contributed by atoms with Crippen LogP contribution in [0.5, 0.6) is 0 Å². The molecule has 0 aromatic rings. The van der Waals surface area contributed by atoms with Gasteiger partial charge < -0.3 is 20.4 Å².